The Labute approximate surface area is 121 Å². The van der Waals surface area contributed by atoms with Gasteiger partial charge in [0.05, 0.1) is 11.4 Å². The summed E-state index contributed by atoms with van der Waals surface area (Å²) in [5, 5.41) is 9.51. The Hall–Kier alpha value is -2.20. The van der Waals surface area contributed by atoms with E-state index in [1.807, 2.05) is 66.5 Å². The van der Waals surface area contributed by atoms with E-state index >= 15 is 0 Å². The number of rotatable bonds is 2. The first-order valence-corrected chi connectivity index (χ1v) is 7.03. The number of hydrogen-bond acceptors (Lipinski definition) is 3. The van der Waals surface area contributed by atoms with Crippen LogP contribution in [0.2, 0.25) is 0 Å². The fraction of sp³-hybridized carbons (Fsp3) is 0.0625. The minimum Gasteiger partial charge on any atom is -0.477 e. The highest BCUT2D eigenvalue weighted by molar-refractivity contribution is 8.04. The molecule has 3 rings (SSSR count). The summed E-state index contributed by atoms with van der Waals surface area (Å²) >= 11 is 1.31. The maximum absolute atomic E-state index is 11.6. The number of carbonyl (C=O) groups is 1. The highest BCUT2D eigenvalue weighted by Crippen LogP contribution is 2.45. The number of thioether (sulfide) groups is 1. The number of hydrogen-bond donors (Lipinski definition) is 1. The molecule has 0 bridgehead atoms. The topological polar surface area (TPSA) is 40.5 Å². The van der Waals surface area contributed by atoms with E-state index in [-0.39, 0.29) is 0 Å². The molecule has 0 atom stereocenters. The fourth-order valence-electron chi connectivity index (χ4n) is 2.32. The number of fused-ring (bicyclic) bond motifs is 1. The predicted molar refractivity (Wildman–Crippen MR) is 81.7 cm³/mol. The SMILES string of the molecule is CN1C(c2ccccc2)=C(C(=O)O)Sc2ccccc21. The lowest BCUT2D eigenvalue weighted by Crippen LogP contribution is -2.22. The molecule has 0 fully saturated rings. The fourth-order valence-corrected chi connectivity index (χ4v) is 3.43. The minimum atomic E-state index is -0.893. The summed E-state index contributed by atoms with van der Waals surface area (Å²) in [5.74, 6) is -0.893. The third-order valence-electron chi connectivity index (χ3n) is 3.23. The summed E-state index contributed by atoms with van der Waals surface area (Å²) < 4.78 is 0. The minimum absolute atomic E-state index is 0.359. The number of para-hydroxylation sites is 1. The molecular formula is C16H13NO2S. The molecule has 0 unspecified atom stereocenters. The van der Waals surface area contributed by atoms with E-state index in [0.29, 0.717) is 4.91 Å². The Morgan fingerprint density at radius 2 is 1.70 bits per heavy atom. The molecule has 0 amide bonds. The normalized spacial score (nSPS) is 14.2. The second-order valence-electron chi connectivity index (χ2n) is 4.48. The van der Waals surface area contributed by atoms with Gasteiger partial charge in [-0.1, -0.05) is 54.2 Å². The average molecular weight is 283 g/mol. The van der Waals surface area contributed by atoms with E-state index in [4.69, 9.17) is 0 Å². The first-order chi connectivity index (χ1) is 9.68. The van der Waals surface area contributed by atoms with E-state index in [9.17, 15) is 9.90 Å². The molecule has 2 aromatic rings. The monoisotopic (exact) mass is 283 g/mol. The van der Waals surface area contributed by atoms with Crippen molar-refractivity contribution in [2.24, 2.45) is 0 Å². The first kappa shape index (κ1) is 12.8. The van der Waals surface area contributed by atoms with Gasteiger partial charge in [-0.05, 0) is 17.7 Å². The van der Waals surface area contributed by atoms with Gasteiger partial charge in [-0.2, -0.15) is 0 Å². The molecule has 4 heteroatoms. The molecule has 0 saturated carbocycles. The van der Waals surface area contributed by atoms with Crippen LogP contribution >= 0.6 is 11.8 Å². The zero-order valence-corrected chi connectivity index (χ0v) is 11.7. The van der Waals surface area contributed by atoms with E-state index in [1.54, 1.807) is 0 Å². The molecule has 2 aromatic carbocycles. The summed E-state index contributed by atoms with van der Waals surface area (Å²) in [5.41, 5.74) is 2.68. The van der Waals surface area contributed by atoms with Crippen molar-refractivity contribution in [1.82, 2.24) is 0 Å². The van der Waals surface area contributed by atoms with E-state index in [1.165, 1.54) is 11.8 Å². The lowest BCUT2D eigenvalue weighted by molar-refractivity contribution is -0.131. The van der Waals surface area contributed by atoms with Crippen LogP contribution in [0.15, 0.2) is 64.4 Å². The number of benzene rings is 2. The van der Waals surface area contributed by atoms with Crippen molar-refractivity contribution in [3.05, 3.63) is 65.1 Å². The molecule has 0 radical (unpaired) electrons. The van der Waals surface area contributed by atoms with Crippen LogP contribution in [-0.4, -0.2) is 18.1 Å². The van der Waals surface area contributed by atoms with Crippen molar-refractivity contribution in [2.45, 2.75) is 4.90 Å². The van der Waals surface area contributed by atoms with Crippen LogP contribution in [-0.2, 0) is 4.79 Å². The van der Waals surface area contributed by atoms with Crippen LogP contribution < -0.4 is 4.90 Å². The maximum atomic E-state index is 11.6. The largest absolute Gasteiger partial charge is 0.477 e. The molecule has 0 aliphatic carbocycles. The van der Waals surface area contributed by atoms with Crippen LogP contribution in [0.25, 0.3) is 5.70 Å². The van der Waals surface area contributed by atoms with Gasteiger partial charge >= 0.3 is 5.97 Å². The smallest absolute Gasteiger partial charge is 0.344 e. The van der Waals surface area contributed by atoms with Gasteiger partial charge in [0.15, 0.2) is 0 Å². The summed E-state index contributed by atoms with van der Waals surface area (Å²) in [4.78, 5) is 14.9. The van der Waals surface area contributed by atoms with Crippen molar-refractivity contribution in [2.75, 3.05) is 11.9 Å². The summed E-state index contributed by atoms with van der Waals surface area (Å²) in [7, 11) is 1.91. The molecule has 100 valence electrons. The van der Waals surface area contributed by atoms with Crippen LogP contribution in [0.3, 0.4) is 0 Å². The lowest BCUT2D eigenvalue weighted by atomic mass is 10.1. The van der Waals surface area contributed by atoms with Crippen molar-refractivity contribution in [1.29, 1.82) is 0 Å². The zero-order valence-electron chi connectivity index (χ0n) is 10.9. The van der Waals surface area contributed by atoms with Gasteiger partial charge in [-0.25, -0.2) is 4.79 Å². The molecule has 1 heterocycles. The van der Waals surface area contributed by atoms with Gasteiger partial charge in [-0.15, -0.1) is 0 Å². The Balaban J connectivity index is 2.20. The number of nitrogens with zero attached hydrogens (tertiary/aromatic N) is 1. The standard InChI is InChI=1S/C16H13NO2S/c1-17-12-9-5-6-10-13(12)20-15(16(18)19)14(17)11-7-3-2-4-8-11/h2-10H,1H3,(H,18,19). The Bertz CT molecular complexity index is 695. The van der Waals surface area contributed by atoms with Crippen molar-refractivity contribution >= 4 is 29.1 Å². The molecular weight excluding hydrogens is 270 g/mol. The molecule has 20 heavy (non-hydrogen) atoms. The van der Waals surface area contributed by atoms with Crippen LogP contribution in [0, 0.1) is 0 Å². The van der Waals surface area contributed by atoms with Crippen LogP contribution in [0.4, 0.5) is 5.69 Å². The third-order valence-corrected chi connectivity index (χ3v) is 4.37. The quantitative estimate of drug-likeness (QED) is 0.912. The van der Waals surface area contributed by atoms with Crippen molar-refractivity contribution in [3.63, 3.8) is 0 Å². The maximum Gasteiger partial charge on any atom is 0.344 e. The second-order valence-corrected chi connectivity index (χ2v) is 5.53. The molecule has 0 saturated heterocycles. The molecule has 1 N–H and O–H groups in total. The Kier molecular flexibility index (Phi) is 3.24. The lowest BCUT2D eigenvalue weighted by Gasteiger charge is -2.31. The molecule has 0 spiro atoms. The predicted octanol–water partition coefficient (Wildman–Crippen LogP) is 3.68. The van der Waals surface area contributed by atoms with Gasteiger partial charge in [-0.3, -0.25) is 0 Å². The van der Waals surface area contributed by atoms with E-state index < -0.39 is 5.97 Å². The Morgan fingerprint density at radius 3 is 2.40 bits per heavy atom. The van der Waals surface area contributed by atoms with Crippen LogP contribution in [0.1, 0.15) is 5.56 Å². The second kappa shape index (κ2) is 5.06. The first-order valence-electron chi connectivity index (χ1n) is 6.22. The van der Waals surface area contributed by atoms with Gasteiger partial charge in [0.1, 0.15) is 4.91 Å². The van der Waals surface area contributed by atoms with Crippen molar-refractivity contribution in [3.8, 4) is 0 Å². The zero-order chi connectivity index (χ0) is 14.1. The van der Waals surface area contributed by atoms with Gasteiger partial charge in [0.2, 0.25) is 0 Å². The third kappa shape index (κ3) is 2.08. The number of carboxylic acid groups (broad SMARTS) is 1. The summed E-state index contributed by atoms with van der Waals surface area (Å²) in [6.07, 6.45) is 0. The highest BCUT2D eigenvalue weighted by Gasteiger charge is 2.27. The van der Waals surface area contributed by atoms with Gasteiger partial charge in [0, 0.05) is 11.9 Å². The van der Waals surface area contributed by atoms with Crippen LogP contribution in [0.5, 0.6) is 0 Å². The Morgan fingerprint density at radius 1 is 1.05 bits per heavy atom. The van der Waals surface area contributed by atoms with E-state index in [2.05, 4.69) is 0 Å². The van der Waals surface area contributed by atoms with E-state index in [0.717, 1.165) is 21.8 Å². The number of carboxylic acids is 1. The molecule has 1 aliphatic heterocycles. The highest BCUT2D eigenvalue weighted by atomic mass is 32.2. The number of aliphatic carboxylic acids is 1. The summed E-state index contributed by atoms with van der Waals surface area (Å²) in [6.45, 7) is 0. The molecule has 0 aromatic heterocycles. The molecule has 3 nitrogen and oxygen atoms in total. The molecule has 1 aliphatic rings. The average Bonchev–Trinajstić information content (AvgIpc) is 2.48. The van der Waals surface area contributed by atoms with Gasteiger partial charge in [0.25, 0.3) is 0 Å². The number of anilines is 1. The van der Waals surface area contributed by atoms with Crippen molar-refractivity contribution < 1.29 is 9.90 Å². The van der Waals surface area contributed by atoms with Gasteiger partial charge < -0.3 is 10.0 Å². The summed E-state index contributed by atoms with van der Waals surface area (Å²) in [6, 6.07) is 17.5.